The fourth-order valence-corrected chi connectivity index (χ4v) is 0.816. The third-order valence-corrected chi connectivity index (χ3v) is 1.66. The van der Waals surface area contributed by atoms with Gasteiger partial charge in [0.1, 0.15) is 0 Å². The molecule has 1 radical (unpaired) electrons. The Kier molecular flexibility index (Phi) is 4.67. The normalized spacial score (nSPS) is 14.1. The van der Waals surface area contributed by atoms with Gasteiger partial charge in [-0.1, -0.05) is 6.92 Å². The van der Waals surface area contributed by atoms with Crippen molar-refractivity contribution in [3.63, 3.8) is 0 Å². The van der Waals surface area contributed by atoms with E-state index in [0.717, 1.165) is 0 Å². The van der Waals surface area contributed by atoms with Crippen molar-refractivity contribution in [3.05, 3.63) is 5.75 Å². The molecule has 2 heteroatoms. The van der Waals surface area contributed by atoms with E-state index in [2.05, 4.69) is 18.0 Å². The number of thioether (sulfide) groups is 1. The summed E-state index contributed by atoms with van der Waals surface area (Å²) in [6.45, 7) is 4.17. The lowest BCUT2D eigenvalue weighted by molar-refractivity contribution is 0.808. The summed E-state index contributed by atoms with van der Waals surface area (Å²) in [6, 6.07) is 0. The fourth-order valence-electron chi connectivity index (χ4n) is 0.272. The van der Waals surface area contributed by atoms with E-state index in [1.54, 1.807) is 11.8 Å². The second kappa shape index (κ2) is 4.47. The van der Waals surface area contributed by atoms with E-state index in [1.807, 2.05) is 14.0 Å². The lowest BCUT2D eigenvalue weighted by Gasteiger charge is -2.04. The molecule has 0 fully saturated rings. The fraction of sp³-hybridized carbons (Fsp3) is 0.800. The summed E-state index contributed by atoms with van der Waals surface area (Å²) in [7, 11) is 1.96. The maximum Gasteiger partial charge on any atom is 0.0504 e. The first-order chi connectivity index (χ1) is 3.31. The number of hydrogen-bond acceptors (Lipinski definition) is 2. The van der Waals surface area contributed by atoms with Crippen LogP contribution < -0.4 is 5.32 Å². The molecule has 0 amide bonds. The minimum atomic E-state index is 0.560. The minimum absolute atomic E-state index is 0.560. The van der Waals surface area contributed by atoms with E-state index in [9.17, 15) is 0 Å². The Balaban J connectivity index is 2.83. The summed E-state index contributed by atoms with van der Waals surface area (Å²) in [5, 5.41) is 3.66. The maximum atomic E-state index is 3.10. The van der Waals surface area contributed by atoms with Crippen LogP contribution in [0.25, 0.3) is 0 Å². The van der Waals surface area contributed by atoms with Gasteiger partial charge in [0.15, 0.2) is 0 Å². The number of hydrogen-bond donors (Lipinski definition) is 1. The molecule has 0 aliphatic carbocycles. The van der Waals surface area contributed by atoms with Crippen molar-refractivity contribution in [2.75, 3.05) is 7.05 Å². The van der Waals surface area contributed by atoms with Crippen molar-refractivity contribution in [1.29, 1.82) is 0 Å². The van der Waals surface area contributed by atoms with Crippen molar-refractivity contribution in [1.82, 2.24) is 5.32 Å². The van der Waals surface area contributed by atoms with Crippen LogP contribution in [0.15, 0.2) is 0 Å². The maximum absolute atomic E-state index is 3.10. The molecule has 0 rings (SSSR count). The largest absolute Gasteiger partial charge is 0.309 e. The van der Waals surface area contributed by atoms with Gasteiger partial charge >= 0.3 is 0 Å². The van der Waals surface area contributed by atoms with Gasteiger partial charge in [-0.3, -0.25) is 0 Å². The van der Waals surface area contributed by atoms with E-state index in [-0.39, 0.29) is 0 Å². The third-order valence-electron chi connectivity index (χ3n) is 0.747. The molecule has 0 aromatic carbocycles. The second-order valence-corrected chi connectivity index (χ2v) is 2.75. The first-order valence-corrected chi connectivity index (χ1v) is 3.36. The van der Waals surface area contributed by atoms with Crippen LogP contribution in [-0.2, 0) is 0 Å². The Morgan fingerprint density at radius 3 is 2.43 bits per heavy atom. The smallest absolute Gasteiger partial charge is 0.0504 e. The predicted octanol–water partition coefficient (Wildman–Crippen LogP) is 1.47. The highest BCUT2D eigenvalue weighted by Crippen LogP contribution is 2.08. The van der Waals surface area contributed by atoms with Crippen LogP contribution in [0, 0.1) is 5.75 Å². The highest BCUT2D eigenvalue weighted by atomic mass is 32.2. The second-order valence-electron chi connectivity index (χ2n) is 1.30. The molecule has 0 aromatic rings. The average molecular weight is 118 g/mol. The molecular weight excluding hydrogens is 106 g/mol. The van der Waals surface area contributed by atoms with Crippen molar-refractivity contribution < 1.29 is 0 Å². The Labute approximate surface area is 49.9 Å². The molecule has 1 N–H and O–H groups in total. The van der Waals surface area contributed by atoms with Crippen molar-refractivity contribution in [3.8, 4) is 0 Å². The average Bonchev–Trinajstić information content (AvgIpc) is 1.68. The standard InChI is InChI=1S/C5H12NS/c1-4-7-5(2)6-3/h4-6H,1-3H3. The highest BCUT2D eigenvalue weighted by Gasteiger charge is 1.91. The summed E-state index contributed by atoms with van der Waals surface area (Å²) >= 11 is 1.80. The van der Waals surface area contributed by atoms with E-state index in [0.29, 0.717) is 5.37 Å². The molecular formula is C5H12NS. The molecule has 0 heterocycles. The summed E-state index contributed by atoms with van der Waals surface area (Å²) in [5.74, 6) is 2.08. The van der Waals surface area contributed by atoms with Gasteiger partial charge in [0, 0.05) is 5.75 Å². The number of rotatable bonds is 3. The van der Waals surface area contributed by atoms with Crippen molar-refractivity contribution in [2.45, 2.75) is 19.2 Å². The monoisotopic (exact) mass is 118 g/mol. The van der Waals surface area contributed by atoms with Gasteiger partial charge in [0.05, 0.1) is 5.37 Å². The Morgan fingerprint density at radius 1 is 1.71 bits per heavy atom. The topological polar surface area (TPSA) is 12.0 Å². The van der Waals surface area contributed by atoms with Crippen LogP contribution in [0.2, 0.25) is 0 Å². The summed E-state index contributed by atoms with van der Waals surface area (Å²) in [6.07, 6.45) is 0. The van der Waals surface area contributed by atoms with Crippen LogP contribution in [0.1, 0.15) is 13.8 Å². The molecule has 0 saturated heterocycles. The first-order valence-electron chi connectivity index (χ1n) is 2.41. The Bertz CT molecular complexity index is 39.1. The van der Waals surface area contributed by atoms with Crippen LogP contribution in [0.5, 0.6) is 0 Å². The molecule has 0 spiro atoms. The zero-order valence-electron chi connectivity index (χ0n) is 5.06. The molecule has 0 bridgehead atoms. The molecule has 1 atom stereocenters. The van der Waals surface area contributed by atoms with Gasteiger partial charge in [0.25, 0.3) is 0 Å². The number of nitrogens with one attached hydrogen (secondary N) is 1. The molecule has 1 nitrogen and oxygen atoms in total. The Hall–Kier alpha value is 0.310. The van der Waals surface area contributed by atoms with Crippen molar-refractivity contribution >= 4 is 11.8 Å². The van der Waals surface area contributed by atoms with Crippen molar-refractivity contribution in [2.24, 2.45) is 0 Å². The van der Waals surface area contributed by atoms with E-state index in [1.165, 1.54) is 0 Å². The lowest BCUT2D eigenvalue weighted by atomic mass is 10.8. The first kappa shape index (κ1) is 7.31. The summed E-state index contributed by atoms with van der Waals surface area (Å²) in [5.41, 5.74) is 0. The highest BCUT2D eigenvalue weighted by molar-refractivity contribution is 8.01. The SMILES string of the molecule is C[CH]SC(C)NC. The predicted molar refractivity (Wildman–Crippen MR) is 36.1 cm³/mol. The quantitative estimate of drug-likeness (QED) is 0.563. The van der Waals surface area contributed by atoms with Crippen LogP contribution in [-0.4, -0.2) is 12.4 Å². The molecule has 0 aliphatic heterocycles. The third kappa shape index (κ3) is 4.16. The summed E-state index contributed by atoms with van der Waals surface area (Å²) < 4.78 is 0. The Morgan fingerprint density at radius 2 is 2.29 bits per heavy atom. The van der Waals surface area contributed by atoms with Gasteiger partial charge in [-0.2, -0.15) is 0 Å². The molecule has 1 unspecified atom stereocenters. The summed E-state index contributed by atoms with van der Waals surface area (Å²) in [4.78, 5) is 0. The molecule has 0 aromatic heterocycles. The molecule has 0 aliphatic rings. The zero-order valence-corrected chi connectivity index (χ0v) is 5.88. The molecule has 43 valence electrons. The van der Waals surface area contributed by atoms with Gasteiger partial charge in [-0.05, 0) is 14.0 Å². The van der Waals surface area contributed by atoms with Gasteiger partial charge in [0.2, 0.25) is 0 Å². The van der Waals surface area contributed by atoms with E-state index in [4.69, 9.17) is 0 Å². The van der Waals surface area contributed by atoms with E-state index >= 15 is 0 Å². The van der Waals surface area contributed by atoms with Crippen LogP contribution >= 0.6 is 11.8 Å². The van der Waals surface area contributed by atoms with Crippen LogP contribution in [0.3, 0.4) is 0 Å². The molecule has 0 saturated carbocycles. The van der Waals surface area contributed by atoms with Gasteiger partial charge in [-0.15, -0.1) is 11.8 Å². The lowest BCUT2D eigenvalue weighted by Crippen LogP contribution is -2.15. The van der Waals surface area contributed by atoms with Gasteiger partial charge < -0.3 is 5.32 Å². The zero-order chi connectivity index (χ0) is 5.70. The minimum Gasteiger partial charge on any atom is -0.309 e. The molecule has 7 heavy (non-hydrogen) atoms. The van der Waals surface area contributed by atoms with Gasteiger partial charge in [-0.25, -0.2) is 0 Å². The van der Waals surface area contributed by atoms with E-state index < -0.39 is 0 Å². The van der Waals surface area contributed by atoms with Crippen LogP contribution in [0.4, 0.5) is 0 Å².